The maximum absolute atomic E-state index is 11.3. The van der Waals surface area contributed by atoms with Crippen LogP contribution in [0.1, 0.15) is 12.8 Å². The standard InChI is InChI=1S/C8H14N4O5/c1-17-6(15)8(12-16,5(13)14)3-2-4-11-7(9)10/h2-4H2,1H3,(H,13,14)(H4,9,10,11)/t8-/m0/s1. The number of nitrogens with zero attached hydrogens (tertiary/aromatic N) is 2. The van der Waals surface area contributed by atoms with Gasteiger partial charge in [-0.1, -0.05) is 0 Å². The molecule has 0 rings (SSSR count). The number of aliphatic carboxylic acids is 1. The van der Waals surface area contributed by atoms with Gasteiger partial charge in [0.1, 0.15) is 0 Å². The van der Waals surface area contributed by atoms with Gasteiger partial charge in [-0.3, -0.25) is 4.99 Å². The van der Waals surface area contributed by atoms with E-state index in [4.69, 9.17) is 16.6 Å². The summed E-state index contributed by atoms with van der Waals surface area (Å²) < 4.78 is 4.25. The number of methoxy groups -OCH3 is 1. The van der Waals surface area contributed by atoms with Crippen LogP contribution in [0.15, 0.2) is 10.2 Å². The molecule has 9 nitrogen and oxygen atoms in total. The normalized spacial score (nSPS) is 13.2. The average Bonchev–Trinajstić information content (AvgIpc) is 2.28. The summed E-state index contributed by atoms with van der Waals surface area (Å²) in [6.45, 7) is 0.0872. The molecule has 0 aliphatic rings. The summed E-state index contributed by atoms with van der Waals surface area (Å²) in [5.74, 6) is -3.04. The Bertz CT molecular complexity index is 339. The van der Waals surface area contributed by atoms with Crippen LogP contribution in [-0.4, -0.2) is 42.2 Å². The van der Waals surface area contributed by atoms with Crippen molar-refractivity contribution >= 4 is 17.9 Å². The number of nitrogens with two attached hydrogens (primary N) is 2. The average molecular weight is 246 g/mol. The Hall–Kier alpha value is -2.19. The number of hydrogen-bond donors (Lipinski definition) is 3. The van der Waals surface area contributed by atoms with Gasteiger partial charge < -0.3 is 21.3 Å². The molecule has 0 fully saturated rings. The zero-order valence-corrected chi connectivity index (χ0v) is 9.25. The lowest BCUT2D eigenvalue weighted by atomic mass is 9.95. The van der Waals surface area contributed by atoms with Gasteiger partial charge in [-0.2, -0.15) is 0 Å². The molecule has 0 amide bonds. The monoisotopic (exact) mass is 246 g/mol. The second-order valence-electron chi connectivity index (χ2n) is 3.16. The first-order chi connectivity index (χ1) is 7.90. The van der Waals surface area contributed by atoms with Gasteiger partial charge in [0, 0.05) is 6.54 Å². The number of nitroso groups, excluding NO2 is 1. The molecular weight excluding hydrogens is 232 g/mol. The minimum absolute atomic E-state index is 0.0872. The Morgan fingerprint density at radius 2 is 2.00 bits per heavy atom. The molecular formula is C8H14N4O5. The second kappa shape index (κ2) is 6.40. The Labute approximate surface area is 96.8 Å². The molecule has 0 saturated heterocycles. The summed E-state index contributed by atoms with van der Waals surface area (Å²) in [6.07, 6.45) is -0.236. The van der Waals surface area contributed by atoms with Crippen LogP contribution in [0.2, 0.25) is 0 Å². The summed E-state index contributed by atoms with van der Waals surface area (Å²) in [5.41, 5.74) is 7.67. The molecule has 0 saturated carbocycles. The molecule has 0 aromatic heterocycles. The van der Waals surface area contributed by atoms with E-state index in [-0.39, 0.29) is 25.3 Å². The summed E-state index contributed by atoms with van der Waals surface area (Å²) in [7, 11) is 0.973. The van der Waals surface area contributed by atoms with Crippen molar-refractivity contribution in [1.82, 2.24) is 0 Å². The third-order valence-electron chi connectivity index (χ3n) is 2.02. The number of esters is 1. The van der Waals surface area contributed by atoms with Crippen LogP contribution in [0.25, 0.3) is 0 Å². The highest BCUT2D eigenvalue weighted by atomic mass is 16.5. The predicted octanol–water partition coefficient (Wildman–Crippen LogP) is -1.20. The fourth-order valence-corrected chi connectivity index (χ4v) is 1.13. The molecule has 0 radical (unpaired) electrons. The summed E-state index contributed by atoms with van der Waals surface area (Å²) in [6, 6.07) is 0. The van der Waals surface area contributed by atoms with Gasteiger partial charge in [0.2, 0.25) is 0 Å². The SMILES string of the molecule is COC(=O)[C@@](CCCN=C(N)N)(N=O)C(=O)O. The first kappa shape index (κ1) is 14.8. The molecule has 0 aromatic rings. The van der Waals surface area contributed by atoms with E-state index in [9.17, 15) is 14.5 Å². The van der Waals surface area contributed by atoms with Crippen molar-refractivity contribution in [3.8, 4) is 0 Å². The van der Waals surface area contributed by atoms with Gasteiger partial charge >= 0.3 is 11.9 Å². The first-order valence-electron chi connectivity index (χ1n) is 4.62. The number of carboxylic acids is 1. The summed E-state index contributed by atoms with van der Waals surface area (Å²) in [5, 5.41) is 11.2. The van der Waals surface area contributed by atoms with E-state index in [1.165, 1.54) is 0 Å². The third-order valence-corrected chi connectivity index (χ3v) is 2.02. The molecule has 1 atom stereocenters. The van der Waals surface area contributed by atoms with E-state index in [2.05, 4.69) is 14.9 Å². The highest BCUT2D eigenvalue weighted by Gasteiger charge is 2.49. The Morgan fingerprint density at radius 1 is 1.41 bits per heavy atom. The van der Waals surface area contributed by atoms with Gasteiger partial charge in [0.05, 0.1) is 7.11 Å². The van der Waals surface area contributed by atoms with Crippen LogP contribution < -0.4 is 11.5 Å². The summed E-state index contributed by atoms with van der Waals surface area (Å²) in [4.78, 5) is 36.3. The van der Waals surface area contributed by atoms with Crippen molar-refractivity contribution in [2.45, 2.75) is 18.4 Å². The lowest BCUT2D eigenvalue weighted by molar-refractivity contribution is -0.159. The first-order valence-corrected chi connectivity index (χ1v) is 4.62. The predicted molar refractivity (Wildman–Crippen MR) is 58.1 cm³/mol. The molecule has 0 aromatic carbocycles. The molecule has 0 spiro atoms. The minimum Gasteiger partial charge on any atom is -0.479 e. The quantitative estimate of drug-likeness (QED) is 0.127. The molecule has 0 unspecified atom stereocenters. The van der Waals surface area contributed by atoms with Crippen LogP contribution in [0.3, 0.4) is 0 Å². The van der Waals surface area contributed by atoms with Crippen molar-refractivity contribution in [2.75, 3.05) is 13.7 Å². The zero-order valence-electron chi connectivity index (χ0n) is 9.25. The van der Waals surface area contributed by atoms with Crippen LogP contribution >= 0.6 is 0 Å². The minimum atomic E-state index is -2.44. The topological polar surface area (TPSA) is 157 Å². The van der Waals surface area contributed by atoms with Crippen molar-refractivity contribution < 1.29 is 19.4 Å². The highest BCUT2D eigenvalue weighted by Crippen LogP contribution is 2.20. The molecule has 9 heteroatoms. The number of hydrogen-bond acceptors (Lipinski definition) is 6. The van der Waals surface area contributed by atoms with Gasteiger partial charge in [-0.25, -0.2) is 9.59 Å². The van der Waals surface area contributed by atoms with Gasteiger partial charge in [-0.15, -0.1) is 4.91 Å². The van der Waals surface area contributed by atoms with Crippen LogP contribution in [0, 0.1) is 4.91 Å². The summed E-state index contributed by atoms with van der Waals surface area (Å²) >= 11 is 0. The maximum Gasteiger partial charge on any atom is 0.349 e. The fraction of sp³-hybridized carbons (Fsp3) is 0.625. The Kier molecular flexibility index (Phi) is 5.58. The lowest BCUT2D eigenvalue weighted by Crippen LogP contribution is -2.45. The van der Waals surface area contributed by atoms with Crippen molar-refractivity contribution in [1.29, 1.82) is 0 Å². The van der Waals surface area contributed by atoms with Crippen molar-refractivity contribution in [3.05, 3.63) is 4.91 Å². The maximum atomic E-state index is 11.3. The van der Waals surface area contributed by atoms with Crippen LogP contribution in [-0.2, 0) is 14.3 Å². The molecule has 0 heterocycles. The number of carboxylic acid groups (broad SMARTS) is 1. The molecule has 0 aliphatic heterocycles. The van der Waals surface area contributed by atoms with Gasteiger partial charge in [-0.05, 0) is 18.0 Å². The number of ether oxygens (including phenoxy) is 1. The number of carbonyl (C=O) groups is 2. The van der Waals surface area contributed by atoms with Gasteiger partial charge in [0.15, 0.2) is 5.96 Å². The fourth-order valence-electron chi connectivity index (χ4n) is 1.13. The van der Waals surface area contributed by atoms with E-state index >= 15 is 0 Å². The third kappa shape index (κ3) is 3.70. The molecule has 5 N–H and O–H groups in total. The largest absolute Gasteiger partial charge is 0.479 e. The van der Waals surface area contributed by atoms with Crippen molar-refractivity contribution in [3.63, 3.8) is 0 Å². The lowest BCUT2D eigenvalue weighted by Gasteiger charge is -2.17. The van der Waals surface area contributed by atoms with Gasteiger partial charge in [0.25, 0.3) is 5.54 Å². The van der Waals surface area contributed by atoms with E-state index < -0.39 is 17.5 Å². The number of rotatable bonds is 7. The van der Waals surface area contributed by atoms with Crippen molar-refractivity contribution in [2.24, 2.45) is 21.6 Å². The number of guanidine groups is 1. The second-order valence-corrected chi connectivity index (χ2v) is 3.16. The smallest absolute Gasteiger partial charge is 0.349 e. The van der Waals surface area contributed by atoms with E-state index in [1.807, 2.05) is 0 Å². The Morgan fingerprint density at radius 3 is 2.35 bits per heavy atom. The number of carbonyl (C=O) groups excluding carboxylic acids is 1. The van der Waals surface area contributed by atoms with E-state index in [0.29, 0.717) is 0 Å². The van der Waals surface area contributed by atoms with Crippen LogP contribution in [0.5, 0.6) is 0 Å². The molecule has 0 aliphatic carbocycles. The van der Waals surface area contributed by atoms with E-state index in [1.54, 1.807) is 0 Å². The zero-order chi connectivity index (χ0) is 13.5. The number of aliphatic imine (C=N–C) groups is 1. The Balaban J connectivity index is 4.72. The molecule has 17 heavy (non-hydrogen) atoms. The molecule has 0 bridgehead atoms. The molecule has 96 valence electrons. The van der Waals surface area contributed by atoms with E-state index in [0.717, 1.165) is 7.11 Å². The van der Waals surface area contributed by atoms with Crippen LogP contribution in [0.4, 0.5) is 0 Å². The highest BCUT2D eigenvalue weighted by molar-refractivity contribution is 6.04.